The standard InChI is InChI=1S/C11H9BrClNO2/c1-2-16-11(15)8-4-3-7(6-14)9(5-13)10(8)12/h3-4H,2,5H2,1H3. The lowest BCUT2D eigenvalue weighted by molar-refractivity contribution is 0.0525. The van der Waals surface area contributed by atoms with E-state index in [2.05, 4.69) is 15.9 Å². The second kappa shape index (κ2) is 5.88. The molecule has 1 aromatic rings. The number of benzene rings is 1. The van der Waals surface area contributed by atoms with E-state index in [-0.39, 0.29) is 5.88 Å². The topological polar surface area (TPSA) is 50.1 Å². The van der Waals surface area contributed by atoms with Crippen molar-refractivity contribution in [3.63, 3.8) is 0 Å². The van der Waals surface area contributed by atoms with Gasteiger partial charge in [-0.2, -0.15) is 5.26 Å². The molecular weight excluding hydrogens is 293 g/mol. The molecule has 1 aromatic carbocycles. The second-order valence-electron chi connectivity index (χ2n) is 2.92. The maximum Gasteiger partial charge on any atom is 0.339 e. The second-order valence-corrected chi connectivity index (χ2v) is 3.98. The zero-order chi connectivity index (χ0) is 12.1. The molecule has 16 heavy (non-hydrogen) atoms. The van der Waals surface area contributed by atoms with E-state index in [1.165, 1.54) is 0 Å². The summed E-state index contributed by atoms with van der Waals surface area (Å²) in [6, 6.07) is 5.14. The predicted molar refractivity (Wildman–Crippen MR) is 64.4 cm³/mol. The fourth-order valence-corrected chi connectivity index (χ4v) is 2.31. The average molecular weight is 303 g/mol. The zero-order valence-electron chi connectivity index (χ0n) is 8.59. The van der Waals surface area contributed by atoms with E-state index >= 15 is 0 Å². The van der Waals surface area contributed by atoms with Gasteiger partial charge in [-0.3, -0.25) is 0 Å². The van der Waals surface area contributed by atoms with E-state index in [4.69, 9.17) is 21.6 Å². The Morgan fingerprint density at radius 2 is 2.31 bits per heavy atom. The van der Waals surface area contributed by atoms with Gasteiger partial charge in [-0.05, 0) is 40.5 Å². The first-order chi connectivity index (χ1) is 7.65. The largest absolute Gasteiger partial charge is 0.462 e. The molecule has 3 nitrogen and oxygen atoms in total. The van der Waals surface area contributed by atoms with Gasteiger partial charge in [0, 0.05) is 10.4 Å². The highest BCUT2D eigenvalue weighted by Crippen LogP contribution is 2.27. The summed E-state index contributed by atoms with van der Waals surface area (Å²) >= 11 is 9.00. The van der Waals surface area contributed by atoms with Crippen LogP contribution in [0.15, 0.2) is 16.6 Å². The average Bonchev–Trinajstić information content (AvgIpc) is 2.28. The van der Waals surface area contributed by atoms with Crippen LogP contribution < -0.4 is 0 Å². The molecule has 0 spiro atoms. The Morgan fingerprint density at radius 1 is 1.62 bits per heavy atom. The predicted octanol–water partition coefficient (Wildman–Crippen LogP) is 3.24. The van der Waals surface area contributed by atoms with Crippen LogP contribution in [0.1, 0.15) is 28.4 Å². The molecule has 0 amide bonds. The number of carbonyl (C=O) groups is 1. The number of ether oxygens (including phenoxy) is 1. The molecule has 0 heterocycles. The van der Waals surface area contributed by atoms with Crippen molar-refractivity contribution in [3.8, 4) is 6.07 Å². The normalized spacial score (nSPS) is 9.62. The molecule has 0 aliphatic heterocycles. The van der Waals surface area contributed by atoms with Gasteiger partial charge in [-0.1, -0.05) is 0 Å². The van der Waals surface area contributed by atoms with Gasteiger partial charge in [0.25, 0.3) is 0 Å². The Hall–Kier alpha value is -1.05. The Bertz CT molecular complexity index is 454. The highest BCUT2D eigenvalue weighted by molar-refractivity contribution is 9.10. The van der Waals surface area contributed by atoms with Crippen molar-refractivity contribution < 1.29 is 9.53 Å². The van der Waals surface area contributed by atoms with Crippen LogP contribution >= 0.6 is 27.5 Å². The number of esters is 1. The number of carbonyl (C=O) groups excluding carboxylic acids is 1. The van der Waals surface area contributed by atoms with Gasteiger partial charge < -0.3 is 4.74 Å². The number of alkyl halides is 1. The summed E-state index contributed by atoms with van der Waals surface area (Å²) in [6.45, 7) is 2.04. The number of halogens is 2. The van der Waals surface area contributed by atoms with Crippen LogP contribution in [0.3, 0.4) is 0 Å². The Kier molecular flexibility index (Phi) is 4.78. The number of hydrogen-bond donors (Lipinski definition) is 0. The Morgan fingerprint density at radius 3 is 2.81 bits per heavy atom. The molecule has 1 rings (SSSR count). The molecule has 0 atom stereocenters. The molecule has 0 unspecified atom stereocenters. The quantitative estimate of drug-likeness (QED) is 0.636. The third-order valence-electron chi connectivity index (χ3n) is 1.99. The zero-order valence-corrected chi connectivity index (χ0v) is 10.9. The molecular formula is C11H9BrClNO2. The molecule has 5 heteroatoms. The van der Waals surface area contributed by atoms with Gasteiger partial charge in [-0.15, -0.1) is 11.6 Å². The number of hydrogen-bond acceptors (Lipinski definition) is 3. The van der Waals surface area contributed by atoms with Gasteiger partial charge in [-0.25, -0.2) is 4.79 Å². The number of nitrogens with zero attached hydrogens (tertiary/aromatic N) is 1. The summed E-state index contributed by atoms with van der Waals surface area (Å²) in [5.74, 6) is -0.262. The highest BCUT2D eigenvalue weighted by atomic mass is 79.9. The molecule has 0 radical (unpaired) electrons. The summed E-state index contributed by atoms with van der Waals surface area (Å²) in [5, 5.41) is 8.86. The smallest absolute Gasteiger partial charge is 0.339 e. The first-order valence-corrected chi connectivity index (χ1v) is 5.93. The number of nitriles is 1. The van der Waals surface area contributed by atoms with Crippen LogP contribution in [0, 0.1) is 11.3 Å². The molecule has 84 valence electrons. The molecule has 0 bridgehead atoms. The maximum absolute atomic E-state index is 11.6. The van der Waals surface area contributed by atoms with Crippen LogP contribution in [-0.4, -0.2) is 12.6 Å². The van der Waals surface area contributed by atoms with Gasteiger partial charge in [0.2, 0.25) is 0 Å². The lowest BCUT2D eigenvalue weighted by atomic mass is 10.1. The summed E-state index contributed by atoms with van der Waals surface area (Å²) in [6.07, 6.45) is 0. The van der Waals surface area contributed by atoms with Crippen molar-refractivity contribution in [2.24, 2.45) is 0 Å². The van der Waals surface area contributed by atoms with Crippen LogP contribution in [0.4, 0.5) is 0 Å². The molecule has 0 saturated heterocycles. The van der Waals surface area contributed by atoms with E-state index in [9.17, 15) is 4.79 Å². The lowest BCUT2D eigenvalue weighted by Crippen LogP contribution is -2.07. The molecule has 0 aliphatic carbocycles. The van der Waals surface area contributed by atoms with Crippen LogP contribution in [0.5, 0.6) is 0 Å². The first-order valence-electron chi connectivity index (χ1n) is 4.60. The lowest BCUT2D eigenvalue weighted by Gasteiger charge is -2.08. The van der Waals surface area contributed by atoms with Gasteiger partial charge in [0.15, 0.2) is 0 Å². The van der Waals surface area contributed by atoms with Crippen molar-refractivity contribution >= 4 is 33.5 Å². The van der Waals surface area contributed by atoms with Gasteiger partial charge in [0.1, 0.15) is 0 Å². The van der Waals surface area contributed by atoms with Crippen molar-refractivity contribution in [1.29, 1.82) is 5.26 Å². The fourth-order valence-electron chi connectivity index (χ4n) is 1.22. The summed E-state index contributed by atoms with van der Waals surface area (Å²) in [5.41, 5.74) is 1.45. The van der Waals surface area contributed by atoms with Crippen LogP contribution in [-0.2, 0) is 10.6 Å². The molecule has 0 N–H and O–H groups in total. The van der Waals surface area contributed by atoms with Gasteiger partial charge in [0.05, 0.1) is 23.8 Å². The monoisotopic (exact) mass is 301 g/mol. The van der Waals surface area contributed by atoms with E-state index in [1.54, 1.807) is 19.1 Å². The first kappa shape index (κ1) is 13.0. The van der Waals surface area contributed by atoms with Crippen molar-refractivity contribution in [3.05, 3.63) is 33.3 Å². The maximum atomic E-state index is 11.6. The molecule has 0 fully saturated rings. The third-order valence-corrected chi connectivity index (χ3v) is 3.17. The van der Waals surface area contributed by atoms with E-state index in [0.717, 1.165) is 0 Å². The van der Waals surface area contributed by atoms with E-state index in [0.29, 0.717) is 27.8 Å². The van der Waals surface area contributed by atoms with E-state index < -0.39 is 5.97 Å². The number of rotatable bonds is 3. The molecule has 0 saturated carbocycles. The summed E-state index contributed by atoms with van der Waals surface area (Å²) in [7, 11) is 0. The minimum Gasteiger partial charge on any atom is -0.462 e. The van der Waals surface area contributed by atoms with Crippen LogP contribution in [0.2, 0.25) is 0 Å². The third kappa shape index (κ3) is 2.55. The fraction of sp³-hybridized carbons (Fsp3) is 0.273. The Balaban J connectivity index is 3.25. The molecule has 0 aliphatic rings. The van der Waals surface area contributed by atoms with Crippen molar-refractivity contribution in [2.75, 3.05) is 6.61 Å². The van der Waals surface area contributed by atoms with E-state index in [1.807, 2.05) is 6.07 Å². The Labute approximate surface area is 107 Å². The van der Waals surface area contributed by atoms with Gasteiger partial charge >= 0.3 is 5.97 Å². The van der Waals surface area contributed by atoms with Crippen LogP contribution in [0.25, 0.3) is 0 Å². The SMILES string of the molecule is CCOC(=O)c1ccc(C#N)c(CCl)c1Br. The van der Waals surface area contributed by atoms with Crippen molar-refractivity contribution in [2.45, 2.75) is 12.8 Å². The summed E-state index contributed by atoms with van der Waals surface area (Å²) in [4.78, 5) is 11.6. The van der Waals surface area contributed by atoms with Crippen molar-refractivity contribution in [1.82, 2.24) is 0 Å². The molecule has 0 aromatic heterocycles. The minimum atomic E-state index is -0.426. The minimum absolute atomic E-state index is 0.163. The highest BCUT2D eigenvalue weighted by Gasteiger charge is 2.16. The summed E-state index contributed by atoms with van der Waals surface area (Å²) < 4.78 is 5.41.